The first kappa shape index (κ1) is 11.3. The van der Waals surface area contributed by atoms with Gasteiger partial charge in [0.15, 0.2) is 0 Å². The van der Waals surface area contributed by atoms with Crippen LogP contribution >= 0.6 is 0 Å². The van der Waals surface area contributed by atoms with Crippen molar-refractivity contribution in [1.29, 1.82) is 0 Å². The van der Waals surface area contributed by atoms with Gasteiger partial charge >= 0.3 is 0 Å². The second-order valence-electron chi connectivity index (χ2n) is 4.56. The Morgan fingerprint density at radius 1 is 1.27 bits per heavy atom. The molecule has 1 atom stereocenters. The van der Waals surface area contributed by atoms with Crippen LogP contribution in [-0.2, 0) is 15.6 Å². The number of nitrogens with zero attached hydrogens (tertiary/aromatic N) is 1. The van der Waals surface area contributed by atoms with Gasteiger partial charge < -0.3 is 4.90 Å². The van der Waals surface area contributed by atoms with Gasteiger partial charge in [0.1, 0.15) is 5.78 Å². The van der Waals surface area contributed by atoms with Gasteiger partial charge in [0.05, 0.1) is 0 Å². The SMILES string of the molecule is O=C1CCCCC1CN1CCS(=O)CC1. The molecular weight excluding hydrogens is 210 g/mol. The van der Waals surface area contributed by atoms with Crippen molar-refractivity contribution in [3.05, 3.63) is 0 Å². The fraction of sp³-hybridized carbons (Fsp3) is 0.909. The molecule has 0 radical (unpaired) electrons. The van der Waals surface area contributed by atoms with Gasteiger partial charge in [-0.25, -0.2) is 0 Å². The van der Waals surface area contributed by atoms with Crippen LogP contribution in [0.25, 0.3) is 0 Å². The molecule has 1 heterocycles. The molecule has 4 heteroatoms. The lowest BCUT2D eigenvalue weighted by Gasteiger charge is -2.31. The summed E-state index contributed by atoms with van der Waals surface area (Å²) in [7, 11) is -0.603. The van der Waals surface area contributed by atoms with Gasteiger partial charge in [0, 0.05) is 54.3 Å². The molecule has 0 aromatic rings. The van der Waals surface area contributed by atoms with Crippen LogP contribution in [0, 0.1) is 5.92 Å². The van der Waals surface area contributed by atoms with Crippen LogP contribution in [-0.4, -0.2) is 46.0 Å². The second kappa shape index (κ2) is 5.21. The molecule has 1 aliphatic heterocycles. The van der Waals surface area contributed by atoms with E-state index < -0.39 is 10.8 Å². The molecule has 0 N–H and O–H groups in total. The van der Waals surface area contributed by atoms with Crippen molar-refractivity contribution in [2.75, 3.05) is 31.1 Å². The molecule has 0 amide bonds. The highest BCUT2D eigenvalue weighted by Crippen LogP contribution is 2.21. The molecule has 1 aliphatic carbocycles. The fourth-order valence-corrected chi connectivity index (χ4v) is 3.55. The van der Waals surface area contributed by atoms with Crippen LogP contribution in [0.2, 0.25) is 0 Å². The Kier molecular flexibility index (Phi) is 3.92. The lowest BCUT2D eigenvalue weighted by Crippen LogP contribution is -2.42. The molecule has 0 spiro atoms. The van der Waals surface area contributed by atoms with E-state index >= 15 is 0 Å². The molecule has 1 saturated heterocycles. The van der Waals surface area contributed by atoms with Gasteiger partial charge in [-0.1, -0.05) is 6.42 Å². The van der Waals surface area contributed by atoms with E-state index in [0.29, 0.717) is 5.78 Å². The first-order chi connectivity index (χ1) is 7.25. The van der Waals surface area contributed by atoms with Crippen molar-refractivity contribution in [2.24, 2.45) is 5.92 Å². The van der Waals surface area contributed by atoms with Gasteiger partial charge in [-0.05, 0) is 12.8 Å². The van der Waals surface area contributed by atoms with Crippen LogP contribution in [0.3, 0.4) is 0 Å². The molecule has 86 valence electrons. The van der Waals surface area contributed by atoms with E-state index in [1.165, 1.54) is 6.42 Å². The minimum atomic E-state index is -0.603. The lowest BCUT2D eigenvalue weighted by molar-refractivity contribution is -0.125. The Morgan fingerprint density at radius 3 is 2.67 bits per heavy atom. The summed E-state index contributed by atoms with van der Waals surface area (Å²) in [4.78, 5) is 14.0. The number of hydrogen-bond donors (Lipinski definition) is 0. The quantitative estimate of drug-likeness (QED) is 0.703. The van der Waals surface area contributed by atoms with E-state index in [2.05, 4.69) is 4.90 Å². The third kappa shape index (κ3) is 3.11. The number of rotatable bonds is 2. The average Bonchev–Trinajstić information content (AvgIpc) is 2.25. The monoisotopic (exact) mass is 229 g/mol. The van der Waals surface area contributed by atoms with Gasteiger partial charge in [-0.3, -0.25) is 9.00 Å². The van der Waals surface area contributed by atoms with Crippen LogP contribution in [0.1, 0.15) is 25.7 Å². The summed E-state index contributed by atoms with van der Waals surface area (Å²) in [6.07, 6.45) is 4.14. The zero-order chi connectivity index (χ0) is 10.7. The summed E-state index contributed by atoms with van der Waals surface area (Å²) >= 11 is 0. The van der Waals surface area contributed by atoms with E-state index in [4.69, 9.17) is 0 Å². The Balaban J connectivity index is 1.80. The predicted octanol–water partition coefficient (Wildman–Crippen LogP) is 0.810. The minimum absolute atomic E-state index is 0.269. The third-order valence-corrected chi connectivity index (χ3v) is 4.71. The lowest BCUT2D eigenvalue weighted by atomic mass is 9.87. The van der Waals surface area contributed by atoms with Gasteiger partial charge in [-0.15, -0.1) is 0 Å². The van der Waals surface area contributed by atoms with Crippen molar-refractivity contribution in [1.82, 2.24) is 4.90 Å². The van der Waals surface area contributed by atoms with E-state index in [9.17, 15) is 9.00 Å². The van der Waals surface area contributed by atoms with E-state index in [1.54, 1.807) is 0 Å². The Hall–Kier alpha value is -0.220. The van der Waals surface area contributed by atoms with Crippen LogP contribution in [0.5, 0.6) is 0 Å². The first-order valence-corrected chi connectivity index (χ1v) is 7.34. The molecule has 0 bridgehead atoms. The van der Waals surface area contributed by atoms with Crippen LogP contribution in [0.4, 0.5) is 0 Å². The number of Topliss-reactive ketones (excluding diaryl/α,β-unsaturated/α-hetero) is 1. The molecule has 2 fully saturated rings. The van der Waals surface area contributed by atoms with Gasteiger partial charge in [0.2, 0.25) is 0 Å². The number of ketones is 1. The highest BCUT2D eigenvalue weighted by atomic mass is 32.2. The minimum Gasteiger partial charge on any atom is -0.301 e. The standard InChI is InChI=1S/C11H19NO2S/c13-11-4-2-1-3-10(11)9-12-5-7-15(14)8-6-12/h10H,1-9H2. The molecule has 2 rings (SSSR count). The van der Waals surface area contributed by atoms with Crippen molar-refractivity contribution in [3.8, 4) is 0 Å². The zero-order valence-corrected chi connectivity index (χ0v) is 9.93. The summed E-state index contributed by atoms with van der Waals surface area (Å²) in [5, 5.41) is 0. The summed E-state index contributed by atoms with van der Waals surface area (Å²) in [6.45, 7) is 2.74. The Bertz CT molecular complexity index is 257. The summed E-state index contributed by atoms with van der Waals surface area (Å²) in [6, 6.07) is 0. The second-order valence-corrected chi connectivity index (χ2v) is 6.25. The number of carbonyl (C=O) groups is 1. The molecule has 0 aromatic carbocycles. The maximum Gasteiger partial charge on any atom is 0.137 e. The maximum absolute atomic E-state index is 11.6. The van der Waals surface area contributed by atoms with Crippen molar-refractivity contribution in [3.63, 3.8) is 0 Å². The first-order valence-electron chi connectivity index (χ1n) is 5.86. The molecule has 0 aromatic heterocycles. The topological polar surface area (TPSA) is 37.4 Å². The normalized spacial score (nSPS) is 30.7. The molecule has 15 heavy (non-hydrogen) atoms. The summed E-state index contributed by atoms with van der Waals surface area (Å²) in [5.74, 6) is 2.31. The van der Waals surface area contributed by atoms with Gasteiger partial charge in [0.25, 0.3) is 0 Å². The van der Waals surface area contributed by atoms with Crippen molar-refractivity contribution < 1.29 is 9.00 Å². The summed E-state index contributed by atoms with van der Waals surface area (Å²) < 4.78 is 11.2. The van der Waals surface area contributed by atoms with Crippen LogP contribution < -0.4 is 0 Å². The highest BCUT2D eigenvalue weighted by Gasteiger charge is 2.25. The molecular formula is C11H19NO2S. The smallest absolute Gasteiger partial charge is 0.137 e. The van der Waals surface area contributed by atoms with Crippen molar-refractivity contribution >= 4 is 16.6 Å². The number of hydrogen-bond acceptors (Lipinski definition) is 3. The van der Waals surface area contributed by atoms with Gasteiger partial charge in [-0.2, -0.15) is 0 Å². The Morgan fingerprint density at radius 2 is 2.00 bits per heavy atom. The van der Waals surface area contributed by atoms with Crippen molar-refractivity contribution in [2.45, 2.75) is 25.7 Å². The number of carbonyl (C=O) groups excluding carboxylic acids is 1. The molecule has 2 aliphatic rings. The largest absolute Gasteiger partial charge is 0.301 e. The van der Waals surface area contributed by atoms with E-state index in [-0.39, 0.29) is 5.92 Å². The third-order valence-electron chi connectivity index (χ3n) is 3.43. The average molecular weight is 229 g/mol. The van der Waals surface area contributed by atoms with Crippen LogP contribution in [0.15, 0.2) is 0 Å². The maximum atomic E-state index is 11.6. The van der Waals surface area contributed by atoms with E-state index in [0.717, 1.165) is 50.4 Å². The molecule has 1 saturated carbocycles. The zero-order valence-electron chi connectivity index (χ0n) is 9.11. The Labute approximate surface area is 93.7 Å². The highest BCUT2D eigenvalue weighted by molar-refractivity contribution is 7.85. The molecule has 1 unspecified atom stereocenters. The molecule has 3 nitrogen and oxygen atoms in total. The fourth-order valence-electron chi connectivity index (χ4n) is 2.42. The summed E-state index contributed by atoms with van der Waals surface area (Å²) in [5.41, 5.74) is 0. The van der Waals surface area contributed by atoms with E-state index in [1.807, 2.05) is 0 Å². The predicted molar refractivity (Wildman–Crippen MR) is 61.3 cm³/mol.